The van der Waals surface area contributed by atoms with Crippen molar-refractivity contribution in [2.75, 3.05) is 31.6 Å². The maximum atomic E-state index is 10.9. The number of methoxy groups -OCH3 is 1. The molecule has 0 bridgehead atoms. The quantitative estimate of drug-likeness (QED) is 0.784. The van der Waals surface area contributed by atoms with Crippen molar-refractivity contribution in [3.8, 4) is 5.75 Å². The molecule has 1 aliphatic heterocycles. The fourth-order valence-corrected chi connectivity index (χ4v) is 3.89. The molecule has 1 aliphatic rings. The molecule has 0 saturated carbocycles. The Kier molecular flexibility index (Phi) is 5.59. The standard InChI is InChI=1S/C17H25N5O3S/c1-12-9-15-14(10-16(12)25-2)17(20-11-19-15)22-7-4-13(5-8-22)3-6-21-26(18,23)24/h9-11,13,21H,3-8H2,1-2H3,(H2,18,23,24). The van der Waals surface area contributed by atoms with Crippen LogP contribution in [-0.4, -0.2) is 45.1 Å². The summed E-state index contributed by atoms with van der Waals surface area (Å²) in [5.41, 5.74) is 1.96. The summed E-state index contributed by atoms with van der Waals surface area (Å²) in [6, 6.07) is 4.02. The first-order valence-electron chi connectivity index (χ1n) is 8.69. The van der Waals surface area contributed by atoms with Gasteiger partial charge in [-0.2, -0.15) is 8.42 Å². The van der Waals surface area contributed by atoms with E-state index in [0.717, 1.165) is 60.4 Å². The molecule has 3 rings (SSSR count). The average Bonchev–Trinajstić information content (AvgIpc) is 2.60. The van der Waals surface area contributed by atoms with Crippen molar-refractivity contribution < 1.29 is 13.2 Å². The van der Waals surface area contributed by atoms with Crippen LogP contribution in [0, 0.1) is 12.8 Å². The molecule has 2 heterocycles. The van der Waals surface area contributed by atoms with E-state index in [2.05, 4.69) is 19.6 Å². The molecule has 1 aromatic heterocycles. The molecule has 0 aliphatic carbocycles. The van der Waals surface area contributed by atoms with Gasteiger partial charge in [-0.15, -0.1) is 0 Å². The smallest absolute Gasteiger partial charge is 0.274 e. The molecule has 26 heavy (non-hydrogen) atoms. The first-order valence-corrected chi connectivity index (χ1v) is 10.2. The minimum Gasteiger partial charge on any atom is -0.496 e. The Bertz CT molecular complexity index is 879. The van der Waals surface area contributed by atoms with Gasteiger partial charge < -0.3 is 9.64 Å². The van der Waals surface area contributed by atoms with Crippen LogP contribution < -0.4 is 19.5 Å². The maximum Gasteiger partial charge on any atom is 0.274 e. The summed E-state index contributed by atoms with van der Waals surface area (Å²) >= 11 is 0. The molecule has 1 fully saturated rings. The molecule has 142 valence electrons. The van der Waals surface area contributed by atoms with Gasteiger partial charge in [0.25, 0.3) is 10.2 Å². The normalized spacial score (nSPS) is 16.2. The Morgan fingerprint density at radius 3 is 2.69 bits per heavy atom. The molecule has 3 N–H and O–H groups in total. The Morgan fingerprint density at radius 1 is 1.31 bits per heavy atom. The highest BCUT2D eigenvalue weighted by atomic mass is 32.2. The topological polar surface area (TPSA) is 110 Å². The van der Waals surface area contributed by atoms with Crippen molar-refractivity contribution in [2.24, 2.45) is 11.1 Å². The highest BCUT2D eigenvalue weighted by Gasteiger charge is 2.22. The molecule has 0 atom stereocenters. The van der Waals surface area contributed by atoms with E-state index in [0.29, 0.717) is 12.5 Å². The van der Waals surface area contributed by atoms with Crippen LogP contribution >= 0.6 is 0 Å². The second kappa shape index (κ2) is 7.73. The number of nitrogens with two attached hydrogens (primary N) is 1. The van der Waals surface area contributed by atoms with Crippen molar-refractivity contribution in [1.82, 2.24) is 14.7 Å². The lowest BCUT2D eigenvalue weighted by Gasteiger charge is -2.33. The first-order chi connectivity index (χ1) is 12.4. The van der Waals surface area contributed by atoms with Crippen LogP contribution in [0.1, 0.15) is 24.8 Å². The number of ether oxygens (including phenoxy) is 1. The number of benzene rings is 1. The third-order valence-corrected chi connectivity index (χ3v) is 5.51. The van der Waals surface area contributed by atoms with Crippen LogP contribution in [0.2, 0.25) is 0 Å². The first kappa shape index (κ1) is 18.8. The van der Waals surface area contributed by atoms with Crippen molar-refractivity contribution in [3.05, 3.63) is 24.0 Å². The van der Waals surface area contributed by atoms with Crippen LogP contribution in [0.15, 0.2) is 18.5 Å². The van der Waals surface area contributed by atoms with Crippen molar-refractivity contribution in [1.29, 1.82) is 0 Å². The molecule has 9 heteroatoms. The zero-order valence-corrected chi connectivity index (χ0v) is 15.9. The highest BCUT2D eigenvalue weighted by molar-refractivity contribution is 7.87. The van der Waals surface area contributed by atoms with Gasteiger partial charge in [0.1, 0.15) is 17.9 Å². The Balaban J connectivity index is 1.69. The molecule has 1 saturated heterocycles. The largest absolute Gasteiger partial charge is 0.496 e. The number of rotatable bonds is 6. The van der Waals surface area contributed by atoms with Crippen molar-refractivity contribution in [2.45, 2.75) is 26.2 Å². The van der Waals surface area contributed by atoms with Crippen LogP contribution in [0.3, 0.4) is 0 Å². The van der Waals surface area contributed by atoms with E-state index in [1.165, 1.54) is 0 Å². The maximum absolute atomic E-state index is 10.9. The van der Waals surface area contributed by atoms with Gasteiger partial charge in [0.05, 0.1) is 12.6 Å². The van der Waals surface area contributed by atoms with Gasteiger partial charge >= 0.3 is 0 Å². The van der Waals surface area contributed by atoms with E-state index < -0.39 is 10.2 Å². The minimum absolute atomic E-state index is 0.385. The third-order valence-electron chi connectivity index (χ3n) is 4.90. The number of nitrogens with one attached hydrogen (secondary N) is 1. The van der Waals surface area contributed by atoms with Crippen molar-refractivity contribution >= 4 is 26.9 Å². The van der Waals surface area contributed by atoms with E-state index in [1.54, 1.807) is 13.4 Å². The number of fused-ring (bicyclic) bond motifs is 1. The van der Waals surface area contributed by atoms with Crippen molar-refractivity contribution in [3.63, 3.8) is 0 Å². The van der Waals surface area contributed by atoms with Gasteiger partial charge in [-0.3, -0.25) is 0 Å². The summed E-state index contributed by atoms with van der Waals surface area (Å²) < 4.78 is 29.7. The van der Waals surface area contributed by atoms with Gasteiger partial charge in [0, 0.05) is 25.0 Å². The third kappa shape index (κ3) is 4.40. The number of hydrogen-bond donors (Lipinski definition) is 2. The van der Waals surface area contributed by atoms with E-state index in [-0.39, 0.29) is 0 Å². The summed E-state index contributed by atoms with van der Waals surface area (Å²) in [6.45, 7) is 4.14. The number of nitrogens with zero attached hydrogens (tertiary/aromatic N) is 3. The molecule has 1 aromatic carbocycles. The second-order valence-electron chi connectivity index (χ2n) is 6.69. The Morgan fingerprint density at radius 2 is 2.04 bits per heavy atom. The molecule has 0 spiro atoms. The summed E-state index contributed by atoms with van der Waals surface area (Å²) in [5.74, 6) is 2.23. The number of aromatic nitrogens is 2. The fraction of sp³-hybridized carbons (Fsp3) is 0.529. The van der Waals surface area contributed by atoms with Gasteiger partial charge in [-0.1, -0.05) is 0 Å². The van der Waals surface area contributed by atoms with E-state index in [9.17, 15) is 8.42 Å². The lowest BCUT2D eigenvalue weighted by molar-refractivity contribution is 0.381. The van der Waals surface area contributed by atoms with Crippen LogP contribution in [-0.2, 0) is 10.2 Å². The molecule has 0 radical (unpaired) electrons. The fourth-order valence-electron chi connectivity index (χ4n) is 3.48. The number of aryl methyl sites for hydroxylation is 1. The number of anilines is 1. The molecule has 0 unspecified atom stereocenters. The second-order valence-corrected chi connectivity index (χ2v) is 8.07. The highest BCUT2D eigenvalue weighted by Crippen LogP contribution is 2.32. The lowest BCUT2D eigenvalue weighted by atomic mass is 9.93. The molecular formula is C17H25N5O3S. The summed E-state index contributed by atoms with van der Waals surface area (Å²) in [4.78, 5) is 11.2. The number of piperidine rings is 1. The summed E-state index contributed by atoms with van der Waals surface area (Å²) in [7, 11) is -1.94. The van der Waals surface area contributed by atoms with Gasteiger partial charge in [-0.25, -0.2) is 19.8 Å². The van der Waals surface area contributed by atoms with E-state index in [1.807, 2.05) is 19.1 Å². The number of hydrogen-bond acceptors (Lipinski definition) is 6. The van der Waals surface area contributed by atoms with Crippen LogP contribution in [0.25, 0.3) is 10.9 Å². The van der Waals surface area contributed by atoms with Gasteiger partial charge in [0.2, 0.25) is 0 Å². The summed E-state index contributed by atoms with van der Waals surface area (Å²) in [5, 5.41) is 5.95. The van der Waals surface area contributed by atoms with Crippen LogP contribution in [0.4, 0.5) is 5.82 Å². The van der Waals surface area contributed by atoms with E-state index >= 15 is 0 Å². The lowest BCUT2D eigenvalue weighted by Crippen LogP contribution is -2.37. The average molecular weight is 379 g/mol. The van der Waals surface area contributed by atoms with Crippen LogP contribution in [0.5, 0.6) is 5.75 Å². The zero-order chi connectivity index (χ0) is 18.7. The SMILES string of the molecule is COc1cc2c(N3CCC(CCNS(N)(=O)=O)CC3)ncnc2cc1C. The minimum atomic E-state index is -3.60. The van der Waals surface area contributed by atoms with E-state index in [4.69, 9.17) is 9.88 Å². The summed E-state index contributed by atoms with van der Waals surface area (Å²) in [6.07, 6.45) is 4.37. The molecule has 8 nitrogen and oxygen atoms in total. The molecular weight excluding hydrogens is 354 g/mol. The Labute approximate surface area is 153 Å². The molecule has 0 amide bonds. The van der Waals surface area contributed by atoms with Gasteiger partial charge in [-0.05, 0) is 49.8 Å². The Hall–Kier alpha value is -1.97. The monoisotopic (exact) mass is 379 g/mol. The van der Waals surface area contributed by atoms with Gasteiger partial charge in [0.15, 0.2) is 0 Å². The predicted molar refractivity (Wildman–Crippen MR) is 101 cm³/mol. The predicted octanol–water partition coefficient (Wildman–Crippen LogP) is 1.35. The zero-order valence-electron chi connectivity index (χ0n) is 15.1. The molecule has 2 aromatic rings.